The van der Waals surface area contributed by atoms with E-state index in [0.717, 1.165) is 26.3 Å². The quantitative estimate of drug-likeness (QED) is 0.578. The van der Waals surface area contributed by atoms with Crippen molar-refractivity contribution < 1.29 is 6.15 Å². The molecule has 1 aliphatic heterocycles. The summed E-state index contributed by atoms with van der Waals surface area (Å²) in [5, 5.41) is 0. The summed E-state index contributed by atoms with van der Waals surface area (Å²) >= 11 is -3.18. The van der Waals surface area contributed by atoms with E-state index < -0.39 is 19.2 Å². The van der Waals surface area contributed by atoms with Gasteiger partial charge in [0.15, 0.2) is 0 Å². The average Bonchev–Trinajstić information content (AvgIpc) is 2.09. The van der Waals surface area contributed by atoms with Crippen LogP contribution in [-0.2, 0) is 6.15 Å². The molecule has 4 heteroatoms. The minimum atomic E-state index is -3.18. The minimum absolute atomic E-state index is 0.150. The Bertz CT molecular complexity index is 297. The topological polar surface area (TPSA) is 21.7 Å². The van der Waals surface area contributed by atoms with Crippen LogP contribution in [0.15, 0.2) is 0 Å². The van der Waals surface area contributed by atoms with Crippen molar-refractivity contribution in [3.05, 3.63) is 0 Å². The predicted molar refractivity (Wildman–Crippen MR) is 88.4 cm³/mol. The molecule has 0 amide bonds. The summed E-state index contributed by atoms with van der Waals surface area (Å²) in [4.78, 5) is 2.47. The van der Waals surface area contributed by atoms with Gasteiger partial charge in [0.05, 0.1) is 0 Å². The Morgan fingerprint density at radius 1 is 0.700 bits per heavy atom. The molecule has 0 N–H and O–H groups in total. The van der Waals surface area contributed by atoms with Gasteiger partial charge < -0.3 is 0 Å². The van der Waals surface area contributed by atoms with E-state index in [1.54, 1.807) is 0 Å². The van der Waals surface area contributed by atoms with Crippen molar-refractivity contribution in [2.24, 2.45) is 0 Å². The third kappa shape index (κ3) is 3.90. The Kier molecular flexibility index (Phi) is 5.67. The molecule has 1 heterocycles. The molecule has 1 rings (SSSR count). The second-order valence-electron chi connectivity index (χ2n) is 8.97. The molecule has 0 radical (unpaired) electrons. The molecule has 0 saturated carbocycles. The molecule has 0 bridgehead atoms. The van der Waals surface area contributed by atoms with E-state index in [4.69, 9.17) is 6.15 Å². The standard InChI is InChI=1S/C8H17NO2.2C4H9.Sn/c1-8(2,3)9(4-6-10)5-7-11;2*1-4(2)3;/h4-7H2,1-3H3;2*1-3H3;/q-2;;;+2. The molecule has 1 fully saturated rings. The van der Waals surface area contributed by atoms with Gasteiger partial charge in [0.25, 0.3) is 0 Å². The fourth-order valence-corrected chi connectivity index (χ4v) is 17.2. The second-order valence-corrected chi connectivity index (χ2v) is 22.7. The van der Waals surface area contributed by atoms with Crippen LogP contribution in [0.2, 0.25) is 6.86 Å². The summed E-state index contributed by atoms with van der Waals surface area (Å²) in [6, 6.07) is 0. The summed E-state index contributed by atoms with van der Waals surface area (Å²) in [6.07, 6.45) is 0. The van der Waals surface area contributed by atoms with Crippen molar-refractivity contribution in [2.75, 3.05) is 26.3 Å². The first kappa shape index (κ1) is 18.7. The van der Waals surface area contributed by atoms with Gasteiger partial charge in [-0.25, -0.2) is 0 Å². The first-order chi connectivity index (χ1) is 8.81. The molecule has 0 aromatic rings. The van der Waals surface area contributed by atoms with E-state index in [0.29, 0.717) is 0 Å². The van der Waals surface area contributed by atoms with Crippen LogP contribution in [0, 0.1) is 0 Å². The summed E-state index contributed by atoms with van der Waals surface area (Å²) in [6.45, 7) is 24.2. The van der Waals surface area contributed by atoms with E-state index in [2.05, 4.69) is 67.2 Å². The van der Waals surface area contributed by atoms with E-state index in [1.807, 2.05) is 0 Å². The zero-order valence-corrected chi connectivity index (χ0v) is 17.9. The summed E-state index contributed by atoms with van der Waals surface area (Å²) in [5.41, 5.74) is 0.186. The summed E-state index contributed by atoms with van der Waals surface area (Å²) in [5.74, 6) is 0. The second kappa shape index (κ2) is 6.05. The van der Waals surface area contributed by atoms with Crippen molar-refractivity contribution in [3.63, 3.8) is 0 Å². The van der Waals surface area contributed by atoms with Gasteiger partial charge in [-0.1, -0.05) is 0 Å². The van der Waals surface area contributed by atoms with Crippen LogP contribution in [0.1, 0.15) is 62.3 Å². The van der Waals surface area contributed by atoms with E-state index >= 15 is 0 Å². The summed E-state index contributed by atoms with van der Waals surface area (Å²) in [7, 11) is 0. The Morgan fingerprint density at radius 2 is 1.05 bits per heavy atom. The molecule has 3 nitrogen and oxygen atoms in total. The maximum absolute atomic E-state index is 6.57. The average molecular weight is 392 g/mol. The Labute approximate surface area is 131 Å². The Morgan fingerprint density at radius 3 is 1.30 bits per heavy atom. The molecule has 0 aromatic heterocycles. The fourth-order valence-electron chi connectivity index (χ4n) is 3.41. The van der Waals surface area contributed by atoms with Crippen molar-refractivity contribution in [1.82, 2.24) is 4.90 Å². The third-order valence-electron chi connectivity index (χ3n) is 4.26. The summed E-state index contributed by atoms with van der Waals surface area (Å²) < 4.78 is 13.4. The molecule has 20 heavy (non-hydrogen) atoms. The Hall–Kier alpha value is 0.679. The van der Waals surface area contributed by atoms with Crippen LogP contribution >= 0.6 is 0 Å². The number of nitrogens with zero attached hydrogens (tertiary/aromatic N) is 1. The van der Waals surface area contributed by atoms with Gasteiger partial charge in [-0.15, -0.1) is 0 Å². The predicted octanol–water partition coefficient (Wildman–Crippen LogP) is 4.18. The van der Waals surface area contributed by atoms with E-state index in [-0.39, 0.29) is 12.4 Å². The van der Waals surface area contributed by atoms with Gasteiger partial charge in [0.1, 0.15) is 0 Å². The molecule has 0 aromatic carbocycles. The van der Waals surface area contributed by atoms with Crippen molar-refractivity contribution in [1.29, 1.82) is 0 Å². The van der Waals surface area contributed by atoms with Crippen molar-refractivity contribution in [3.8, 4) is 0 Å². The molecule has 120 valence electrons. The van der Waals surface area contributed by atoms with Crippen molar-refractivity contribution in [2.45, 2.75) is 74.7 Å². The van der Waals surface area contributed by atoms with Crippen LogP contribution in [0.3, 0.4) is 0 Å². The van der Waals surface area contributed by atoms with Crippen LogP contribution in [0.5, 0.6) is 0 Å². The Balaban J connectivity index is 2.95. The third-order valence-corrected chi connectivity index (χ3v) is 19.0. The number of rotatable bonds is 0. The normalized spacial score (nSPS) is 23.2. The monoisotopic (exact) mass is 393 g/mol. The maximum atomic E-state index is 6.57. The van der Waals surface area contributed by atoms with Crippen LogP contribution in [0.4, 0.5) is 0 Å². The zero-order valence-electron chi connectivity index (χ0n) is 15.1. The van der Waals surface area contributed by atoms with Gasteiger partial charge >= 0.3 is 131 Å². The van der Waals surface area contributed by atoms with Gasteiger partial charge in [-0.05, 0) is 0 Å². The molecule has 1 aliphatic rings. The molecule has 0 atom stereocenters. The van der Waals surface area contributed by atoms with E-state index in [9.17, 15) is 0 Å². The SMILES string of the molecule is CC(C)(C)N1CC[O][Sn]([C](C)(C)C)([C](C)(C)C)[O]CC1. The van der Waals surface area contributed by atoms with E-state index in [1.165, 1.54) is 0 Å². The van der Waals surface area contributed by atoms with Crippen LogP contribution < -0.4 is 0 Å². The first-order valence-corrected chi connectivity index (χ1v) is 13.0. The molecule has 0 unspecified atom stereocenters. The molecular weight excluding hydrogens is 357 g/mol. The number of hydrogen-bond acceptors (Lipinski definition) is 3. The van der Waals surface area contributed by atoms with Crippen LogP contribution in [-0.4, -0.2) is 55.9 Å². The molecule has 0 spiro atoms. The van der Waals surface area contributed by atoms with Crippen LogP contribution in [0.25, 0.3) is 0 Å². The molecular formula is C16H35NO2Sn. The van der Waals surface area contributed by atoms with Gasteiger partial charge in [-0.2, -0.15) is 0 Å². The van der Waals surface area contributed by atoms with Gasteiger partial charge in [-0.3, -0.25) is 0 Å². The first-order valence-electron chi connectivity index (χ1n) is 7.84. The fraction of sp³-hybridized carbons (Fsp3) is 1.00. The number of hydrogen-bond donors (Lipinski definition) is 0. The molecule has 1 saturated heterocycles. The zero-order chi connectivity index (χ0) is 15.8. The van der Waals surface area contributed by atoms with Gasteiger partial charge in [0, 0.05) is 0 Å². The van der Waals surface area contributed by atoms with Crippen molar-refractivity contribution >= 4 is 19.2 Å². The van der Waals surface area contributed by atoms with Gasteiger partial charge in [0.2, 0.25) is 0 Å². The molecule has 0 aliphatic carbocycles.